The molecule has 2 aromatic heterocycles. The second-order valence-corrected chi connectivity index (χ2v) is 2.64. The summed E-state index contributed by atoms with van der Waals surface area (Å²) < 4.78 is 1.49. The SMILES string of the molecule is C#Cc1cn(NN)c2ncnc(N)c12. The van der Waals surface area contributed by atoms with Crippen LogP contribution in [-0.4, -0.2) is 14.6 Å². The van der Waals surface area contributed by atoms with Gasteiger partial charge in [-0.25, -0.2) is 20.5 Å². The summed E-state index contributed by atoms with van der Waals surface area (Å²) in [6.45, 7) is 0. The summed E-state index contributed by atoms with van der Waals surface area (Å²) in [7, 11) is 0. The van der Waals surface area contributed by atoms with Crippen LogP contribution in [0.25, 0.3) is 11.0 Å². The summed E-state index contributed by atoms with van der Waals surface area (Å²) in [6.07, 6.45) is 8.30. The quantitative estimate of drug-likeness (QED) is 0.316. The van der Waals surface area contributed by atoms with Gasteiger partial charge in [-0.05, 0) is 0 Å². The molecular formula is C8H8N6. The predicted octanol–water partition coefficient (Wildman–Crippen LogP) is -0.588. The summed E-state index contributed by atoms with van der Waals surface area (Å²) in [5, 5.41) is 0.632. The summed E-state index contributed by atoms with van der Waals surface area (Å²) >= 11 is 0. The Kier molecular flexibility index (Phi) is 1.73. The van der Waals surface area contributed by atoms with Gasteiger partial charge in [-0.1, -0.05) is 5.92 Å². The molecule has 0 bridgehead atoms. The number of terminal acetylenes is 1. The summed E-state index contributed by atoms with van der Waals surface area (Å²) in [4.78, 5) is 7.87. The highest BCUT2D eigenvalue weighted by Crippen LogP contribution is 2.21. The van der Waals surface area contributed by atoms with Gasteiger partial charge < -0.3 is 5.73 Å². The van der Waals surface area contributed by atoms with Crippen molar-refractivity contribution in [3.63, 3.8) is 0 Å². The highest BCUT2D eigenvalue weighted by Gasteiger charge is 2.10. The van der Waals surface area contributed by atoms with E-state index in [1.165, 1.54) is 11.0 Å². The Morgan fingerprint density at radius 1 is 1.50 bits per heavy atom. The average molecular weight is 188 g/mol. The van der Waals surface area contributed by atoms with Gasteiger partial charge >= 0.3 is 0 Å². The van der Waals surface area contributed by atoms with E-state index in [4.69, 9.17) is 18.0 Å². The van der Waals surface area contributed by atoms with E-state index in [1.807, 2.05) is 0 Å². The summed E-state index contributed by atoms with van der Waals surface area (Å²) in [5.74, 6) is 8.11. The zero-order chi connectivity index (χ0) is 10.1. The smallest absolute Gasteiger partial charge is 0.166 e. The van der Waals surface area contributed by atoms with Crippen molar-refractivity contribution < 1.29 is 0 Å². The van der Waals surface area contributed by atoms with Gasteiger partial charge in [0.05, 0.1) is 10.9 Å². The highest BCUT2D eigenvalue weighted by molar-refractivity contribution is 5.92. The van der Waals surface area contributed by atoms with Gasteiger partial charge in [0.1, 0.15) is 12.1 Å². The molecule has 0 unspecified atom stereocenters. The van der Waals surface area contributed by atoms with Gasteiger partial charge in [0.15, 0.2) is 5.65 Å². The standard InChI is InChI=1S/C8H8N6/c1-2-5-3-14(13-10)8-6(5)7(9)11-4-12-8/h1,3-4,13H,10H2,(H2,9,11,12). The monoisotopic (exact) mass is 188 g/mol. The lowest BCUT2D eigenvalue weighted by molar-refractivity contribution is 0.904. The van der Waals surface area contributed by atoms with E-state index in [2.05, 4.69) is 21.4 Å². The van der Waals surface area contributed by atoms with Crippen LogP contribution in [0.4, 0.5) is 5.82 Å². The molecule has 0 fully saturated rings. The van der Waals surface area contributed by atoms with Gasteiger partial charge in [-0.15, -0.1) is 6.42 Å². The maximum atomic E-state index is 5.67. The highest BCUT2D eigenvalue weighted by atomic mass is 15.6. The molecule has 0 radical (unpaired) electrons. The number of anilines is 1. The van der Waals surface area contributed by atoms with Crippen molar-refractivity contribution in [3.05, 3.63) is 18.1 Å². The van der Waals surface area contributed by atoms with Gasteiger partial charge in [0, 0.05) is 6.20 Å². The number of nitrogen functional groups attached to an aromatic ring is 2. The number of hydrogen-bond donors (Lipinski definition) is 3. The van der Waals surface area contributed by atoms with Crippen molar-refractivity contribution in [1.29, 1.82) is 0 Å². The molecule has 0 amide bonds. The summed E-state index contributed by atoms with van der Waals surface area (Å²) in [5.41, 5.74) is 9.27. The molecular weight excluding hydrogens is 180 g/mol. The fourth-order valence-electron chi connectivity index (χ4n) is 1.29. The van der Waals surface area contributed by atoms with E-state index in [-0.39, 0.29) is 0 Å². The molecule has 70 valence electrons. The molecule has 6 heteroatoms. The van der Waals surface area contributed by atoms with Gasteiger partial charge in [-0.2, -0.15) is 0 Å². The topological polar surface area (TPSA) is 94.8 Å². The van der Waals surface area contributed by atoms with E-state index < -0.39 is 0 Å². The molecule has 5 N–H and O–H groups in total. The number of nitrogens with one attached hydrogen (secondary N) is 1. The molecule has 0 saturated heterocycles. The molecule has 6 nitrogen and oxygen atoms in total. The zero-order valence-electron chi connectivity index (χ0n) is 7.23. The minimum absolute atomic E-state index is 0.344. The zero-order valence-corrected chi connectivity index (χ0v) is 7.23. The van der Waals surface area contributed by atoms with E-state index >= 15 is 0 Å². The van der Waals surface area contributed by atoms with Gasteiger partial charge in [-0.3, -0.25) is 5.53 Å². The van der Waals surface area contributed by atoms with Crippen molar-refractivity contribution in [1.82, 2.24) is 14.6 Å². The van der Waals surface area contributed by atoms with Crippen molar-refractivity contribution in [2.75, 3.05) is 11.3 Å². The van der Waals surface area contributed by atoms with Crippen LogP contribution in [-0.2, 0) is 0 Å². The normalized spacial score (nSPS) is 10.0. The minimum atomic E-state index is 0.344. The number of nitrogens with two attached hydrogens (primary N) is 2. The number of fused-ring (bicyclic) bond motifs is 1. The van der Waals surface area contributed by atoms with Gasteiger partial charge in [0.2, 0.25) is 0 Å². The number of hydrazine groups is 1. The Balaban J connectivity index is 2.91. The fourth-order valence-corrected chi connectivity index (χ4v) is 1.29. The van der Waals surface area contributed by atoms with Crippen LogP contribution in [0.5, 0.6) is 0 Å². The first-order valence-corrected chi connectivity index (χ1v) is 3.82. The number of nitrogens with zero attached hydrogens (tertiary/aromatic N) is 3. The molecule has 0 aromatic carbocycles. The third-order valence-electron chi connectivity index (χ3n) is 1.91. The molecule has 0 spiro atoms. The van der Waals surface area contributed by atoms with Crippen LogP contribution in [0, 0.1) is 12.3 Å². The van der Waals surface area contributed by atoms with Crippen LogP contribution in [0.2, 0.25) is 0 Å². The Bertz CT molecular complexity index is 520. The molecule has 14 heavy (non-hydrogen) atoms. The first-order chi connectivity index (χ1) is 6.77. The Morgan fingerprint density at radius 2 is 2.29 bits per heavy atom. The van der Waals surface area contributed by atoms with Crippen LogP contribution >= 0.6 is 0 Å². The molecule has 2 aromatic rings. The van der Waals surface area contributed by atoms with E-state index in [0.717, 1.165) is 0 Å². The summed E-state index contributed by atoms with van der Waals surface area (Å²) in [6, 6.07) is 0. The van der Waals surface area contributed by atoms with Crippen LogP contribution in [0.15, 0.2) is 12.5 Å². The van der Waals surface area contributed by atoms with Crippen LogP contribution in [0.1, 0.15) is 5.56 Å². The minimum Gasteiger partial charge on any atom is -0.383 e. The third-order valence-corrected chi connectivity index (χ3v) is 1.91. The Hall–Kier alpha value is -2.26. The van der Waals surface area contributed by atoms with E-state index in [9.17, 15) is 0 Å². The Labute approximate surface area is 79.9 Å². The second kappa shape index (κ2) is 2.90. The average Bonchev–Trinajstić information content (AvgIpc) is 2.57. The number of rotatable bonds is 1. The lowest BCUT2D eigenvalue weighted by Gasteiger charge is -2.00. The van der Waals surface area contributed by atoms with Crippen molar-refractivity contribution in [2.24, 2.45) is 5.84 Å². The maximum Gasteiger partial charge on any atom is 0.166 e. The molecule has 0 saturated carbocycles. The third kappa shape index (κ3) is 0.967. The molecule has 0 aliphatic heterocycles. The van der Waals surface area contributed by atoms with Crippen molar-refractivity contribution in [2.45, 2.75) is 0 Å². The van der Waals surface area contributed by atoms with Gasteiger partial charge in [0.25, 0.3) is 0 Å². The largest absolute Gasteiger partial charge is 0.383 e. The molecule has 0 atom stereocenters. The lowest BCUT2D eigenvalue weighted by atomic mass is 10.2. The van der Waals surface area contributed by atoms with Crippen LogP contribution < -0.4 is 17.1 Å². The molecule has 0 aliphatic carbocycles. The fraction of sp³-hybridized carbons (Fsp3) is 0. The second-order valence-electron chi connectivity index (χ2n) is 2.64. The van der Waals surface area contributed by atoms with Crippen molar-refractivity contribution >= 4 is 16.9 Å². The maximum absolute atomic E-state index is 5.67. The molecule has 2 rings (SSSR count). The first kappa shape index (κ1) is 8.34. The first-order valence-electron chi connectivity index (χ1n) is 3.82. The number of aromatic nitrogens is 3. The number of hydrogen-bond acceptors (Lipinski definition) is 5. The predicted molar refractivity (Wildman–Crippen MR) is 53.4 cm³/mol. The molecule has 2 heterocycles. The van der Waals surface area contributed by atoms with Crippen LogP contribution in [0.3, 0.4) is 0 Å². The van der Waals surface area contributed by atoms with Crippen molar-refractivity contribution in [3.8, 4) is 12.3 Å². The van der Waals surface area contributed by atoms with E-state index in [0.29, 0.717) is 22.4 Å². The molecule has 0 aliphatic rings. The van der Waals surface area contributed by atoms with E-state index in [1.54, 1.807) is 6.20 Å². The Morgan fingerprint density at radius 3 is 2.93 bits per heavy atom. The lowest BCUT2D eigenvalue weighted by Crippen LogP contribution is -2.20.